The number of hydrogen-bond acceptors (Lipinski definition) is 4. The first-order valence-electron chi connectivity index (χ1n) is 5.55. The Labute approximate surface area is 101 Å². The molecule has 1 heterocycles. The summed E-state index contributed by atoms with van der Waals surface area (Å²) in [5.74, 6) is 0.587. The van der Waals surface area contributed by atoms with Crippen molar-refractivity contribution >= 4 is 10.0 Å². The van der Waals surface area contributed by atoms with E-state index in [4.69, 9.17) is 9.56 Å². The SMILES string of the molecule is NS(=O)(=O)c1ccc(CNC2CC=CCC2)o1. The lowest BCUT2D eigenvalue weighted by Gasteiger charge is -2.18. The monoisotopic (exact) mass is 256 g/mol. The molecule has 0 fully saturated rings. The molecule has 1 aliphatic rings. The van der Waals surface area contributed by atoms with E-state index < -0.39 is 10.0 Å². The van der Waals surface area contributed by atoms with Crippen LogP contribution in [0.25, 0.3) is 0 Å². The second-order valence-electron chi connectivity index (χ2n) is 4.13. The van der Waals surface area contributed by atoms with Gasteiger partial charge >= 0.3 is 0 Å². The average Bonchev–Trinajstić information content (AvgIpc) is 2.76. The van der Waals surface area contributed by atoms with Gasteiger partial charge in [0, 0.05) is 6.04 Å². The molecule has 0 aromatic carbocycles. The second kappa shape index (κ2) is 5.03. The summed E-state index contributed by atoms with van der Waals surface area (Å²) >= 11 is 0. The maximum absolute atomic E-state index is 11.0. The number of nitrogens with two attached hydrogens (primary N) is 1. The molecule has 1 aromatic rings. The van der Waals surface area contributed by atoms with Gasteiger partial charge in [-0.3, -0.25) is 0 Å². The summed E-state index contributed by atoms with van der Waals surface area (Å²) in [5.41, 5.74) is 0. The predicted molar refractivity (Wildman–Crippen MR) is 63.7 cm³/mol. The Morgan fingerprint density at radius 2 is 2.24 bits per heavy atom. The van der Waals surface area contributed by atoms with E-state index in [0.717, 1.165) is 19.3 Å². The summed E-state index contributed by atoms with van der Waals surface area (Å²) in [5, 5.41) is 8.10. The number of hydrogen-bond donors (Lipinski definition) is 2. The van der Waals surface area contributed by atoms with Crippen molar-refractivity contribution in [3.8, 4) is 0 Å². The van der Waals surface area contributed by atoms with Crippen LogP contribution in [0.1, 0.15) is 25.0 Å². The molecule has 0 spiro atoms. The minimum Gasteiger partial charge on any atom is -0.447 e. The molecule has 0 amide bonds. The average molecular weight is 256 g/mol. The van der Waals surface area contributed by atoms with Gasteiger partial charge in [0.1, 0.15) is 5.76 Å². The van der Waals surface area contributed by atoms with Crippen LogP contribution in [0.3, 0.4) is 0 Å². The maximum Gasteiger partial charge on any atom is 0.271 e. The maximum atomic E-state index is 11.0. The number of allylic oxidation sites excluding steroid dienone is 1. The van der Waals surface area contributed by atoms with E-state index in [0.29, 0.717) is 18.3 Å². The number of primary sulfonamides is 1. The van der Waals surface area contributed by atoms with Gasteiger partial charge in [-0.05, 0) is 31.4 Å². The largest absolute Gasteiger partial charge is 0.447 e. The number of sulfonamides is 1. The molecule has 1 atom stereocenters. The van der Waals surface area contributed by atoms with Crippen LogP contribution < -0.4 is 10.5 Å². The quantitative estimate of drug-likeness (QED) is 0.791. The minimum absolute atomic E-state index is 0.183. The Hall–Kier alpha value is -1.11. The third-order valence-electron chi connectivity index (χ3n) is 2.75. The van der Waals surface area contributed by atoms with Gasteiger partial charge in [0.15, 0.2) is 0 Å². The highest BCUT2D eigenvalue weighted by Gasteiger charge is 2.14. The number of nitrogens with one attached hydrogen (secondary N) is 1. The third kappa shape index (κ3) is 3.42. The summed E-state index contributed by atoms with van der Waals surface area (Å²) in [6, 6.07) is 3.45. The molecule has 94 valence electrons. The second-order valence-corrected chi connectivity index (χ2v) is 5.62. The molecule has 0 aliphatic heterocycles. The first-order chi connectivity index (χ1) is 8.05. The first kappa shape index (κ1) is 12.3. The highest BCUT2D eigenvalue weighted by molar-refractivity contribution is 7.89. The van der Waals surface area contributed by atoms with Crippen LogP contribution in [-0.2, 0) is 16.6 Å². The van der Waals surface area contributed by atoms with E-state index in [9.17, 15) is 8.42 Å². The molecule has 3 N–H and O–H groups in total. The van der Waals surface area contributed by atoms with Crippen molar-refractivity contribution in [2.24, 2.45) is 5.14 Å². The van der Waals surface area contributed by atoms with Crippen LogP contribution in [0, 0.1) is 0 Å². The van der Waals surface area contributed by atoms with Crippen molar-refractivity contribution in [2.75, 3.05) is 0 Å². The van der Waals surface area contributed by atoms with Gasteiger partial charge in [-0.25, -0.2) is 13.6 Å². The van der Waals surface area contributed by atoms with Gasteiger partial charge in [-0.1, -0.05) is 12.2 Å². The highest BCUT2D eigenvalue weighted by atomic mass is 32.2. The van der Waals surface area contributed by atoms with E-state index in [1.165, 1.54) is 6.07 Å². The summed E-state index contributed by atoms with van der Waals surface area (Å²) in [7, 11) is -3.73. The summed E-state index contributed by atoms with van der Waals surface area (Å²) < 4.78 is 27.2. The fourth-order valence-electron chi connectivity index (χ4n) is 1.83. The zero-order valence-electron chi connectivity index (χ0n) is 9.43. The minimum atomic E-state index is -3.73. The molecule has 0 saturated heterocycles. The highest BCUT2D eigenvalue weighted by Crippen LogP contribution is 2.14. The lowest BCUT2D eigenvalue weighted by atomic mass is 10.0. The molecule has 0 saturated carbocycles. The zero-order valence-corrected chi connectivity index (χ0v) is 10.2. The van der Waals surface area contributed by atoms with E-state index in [1.807, 2.05) is 0 Å². The molecular formula is C11H16N2O3S. The van der Waals surface area contributed by atoms with Crippen LogP contribution in [0.4, 0.5) is 0 Å². The smallest absolute Gasteiger partial charge is 0.271 e. The van der Waals surface area contributed by atoms with Crippen molar-refractivity contribution < 1.29 is 12.8 Å². The first-order valence-corrected chi connectivity index (χ1v) is 7.10. The van der Waals surface area contributed by atoms with Crippen molar-refractivity contribution in [1.82, 2.24) is 5.32 Å². The molecule has 1 aliphatic carbocycles. The Morgan fingerprint density at radius 1 is 1.41 bits per heavy atom. The molecule has 6 heteroatoms. The number of furan rings is 1. The Kier molecular flexibility index (Phi) is 3.66. The molecule has 0 bridgehead atoms. The fourth-order valence-corrected chi connectivity index (χ4v) is 2.31. The van der Waals surface area contributed by atoms with Gasteiger partial charge in [0.2, 0.25) is 5.09 Å². The normalized spacial score (nSPS) is 20.6. The predicted octanol–water partition coefficient (Wildman–Crippen LogP) is 1.13. The van der Waals surface area contributed by atoms with E-state index in [2.05, 4.69) is 17.5 Å². The van der Waals surface area contributed by atoms with Gasteiger partial charge in [0.25, 0.3) is 10.0 Å². The standard InChI is InChI=1S/C11H16N2O3S/c12-17(14,15)11-7-6-10(16-11)8-13-9-4-2-1-3-5-9/h1-2,6-7,9,13H,3-5,8H2,(H2,12,14,15). The van der Waals surface area contributed by atoms with Gasteiger partial charge in [-0.2, -0.15) is 0 Å². The van der Waals surface area contributed by atoms with Crippen molar-refractivity contribution in [1.29, 1.82) is 0 Å². The van der Waals surface area contributed by atoms with E-state index in [-0.39, 0.29) is 5.09 Å². The van der Waals surface area contributed by atoms with Gasteiger partial charge in [0.05, 0.1) is 6.54 Å². The lowest BCUT2D eigenvalue weighted by molar-refractivity contribution is 0.381. The molecule has 5 nitrogen and oxygen atoms in total. The number of rotatable bonds is 4. The zero-order chi connectivity index (χ0) is 12.3. The molecule has 1 unspecified atom stereocenters. The van der Waals surface area contributed by atoms with Crippen molar-refractivity contribution in [2.45, 2.75) is 36.9 Å². The fraction of sp³-hybridized carbons (Fsp3) is 0.455. The van der Waals surface area contributed by atoms with Crippen molar-refractivity contribution in [3.05, 3.63) is 30.0 Å². The third-order valence-corrected chi connectivity index (χ3v) is 3.53. The Bertz CT molecular complexity index is 505. The Balaban J connectivity index is 1.91. The summed E-state index contributed by atoms with van der Waals surface area (Å²) in [6.45, 7) is 0.522. The molecule has 17 heavy (non-hydrogen) atoms. The molecule has 1 aromatic heterocycles. The van der Waals surface area contributed by atoms with Crippen molar-refractivity contribution in [3.63, 3.8) is 0 Å². The molecular weight excluding hydrogens is 240 g/mol. The summed E-state index contributed by atoms with van der Waals surface area (Å²) in [6.07, 6.45) is 7.50. The topological polar surface area (TPSA) is 85.3 Å². The van der Waals surface area contributed by atoms with Gasteiger partial charge in [-0.15, -0.1) is 0 Å². The van der Waals surface area contributed by atoms with Crippen LogP contribution in [0.15, 0.2) is 33.8 Å². The van der Waals surface area contributed by atoms with E-state index in [1.54, 1.807) is 6.07 Å². The van der Waals surface area contributed by atoms with Gasteiger partial charge < -0.3 is 9.73 Å². The van der Waals surface area contributed by atoms with Crippen LogP contribution in [0.5, 0.6) is 0 Å². The van der Waals surface area contributed by atoms with E-state index >= 15 is 0 Å². The van der Waals surface area contributed by atoms with Crippen LogP contribution in [0.2, 0.25) is 0 Å². The molecule has 2 rings (SSSR count). The van der Waals surface area contributed by atoms with Crippen LogP contribution in [-0.4, -0.2) is 14.5 Å². The summed E-state index contributed by atoms with van der Waals surface area (Å²) in [4.78, 5) is 0. The Morgan fingerprint density at radius 3 is 2.82 bits per heavy atom. The van der Waals surface area contributed by atoms with Crippen LogP contribution >= 0.6 is 0 Å². The molecule has 0 radical (unpaired) electrons. The lowest BCUT2D eigenvalue weighted by Crippen LogP contribution is -2.28.